The summed E-state index contributed by atoms with van der Waals surface area (Å²) in [6.45, 7) is -0.681. The van der Waals surface area contributed by atoms with Crippen LogP contribution in [0.1, 0.15) is 11.1 Å². The number of anilines is 1. The molecule has 1 aliphatic rings. The summed E-state index contributed by atoms with van der Waals surface area (Å²) in [5.74, 6) is -0.854. The maximum Gasteiger partial charge on any atom is 0.322 e. The first-order valence-electron chi connectivity index (χ1n) is 9.67. The Hall–Kier alpha value is -3.74. The van der Waals surface area contributed by atoms with Crippen LogP contribution < -0.4 is 16.4 Å². The van der Waals surface area contributed by atoms with Crippen molar-refractivity contribution in [2.75, 3.05) is 25.1 Å². The Morgan fingerprint density at radius 3 is 2.62 bits per heavy atom. The van der Waals surface area contributed by atoms with Crippen molar-refractivity contribution in [2.24, 2.45) is 5.73 Å². The van der Waals surface area contributed by atoms with E-state index >= 15 is 0 Å². The zero-order valence-corrected chi connectivity index (χ0v) is 17.7. The molecule has 10 heteroatoms. The zero-order valence-electron chi connectivity index (χ0n) is 16.9. The summed E-state index contributed by atoms with van der Waals surface area (Å²) in [6, 6.07) is 13.5. The molecule has 164 valence electrons. The summed E-state index contributed by atoms with van der Waals surface area (Å²) in [6.07, 6.45) is 0. The molecule has 1 atom stereocenters. The first-order chi connectivity index (χ1) is 15.3. The van der Waals surface area contributed by atoms with Crippen LogP contribution in [0, 0.1) is 16.7 Å². The maximum absolute atomic E-state index is 13.6. The summed E-state index contributed by atoms with van der Waals surface area (Å²) in [7, 11) is 0. The molecule has 0 aliphatic carbocycles. The molecule has 1 heterocycles. The van der Waals surface area contributed by atoms with Crippen LogP contribution in [-0.2, 0) is 4.79 Å². The predicted octanol–water partition coefficient (Wildman–Crippen LogP) is 1.77. The summed E-state index contributed by atoms with van der Waals surface area (Å²) in [4.78, 5) is 26.4. The standard InChI is InChI=1S/C22H20ClFN6O2/c23-15-3-1-2-14(8-15)20(26)19(21(27)31)18-12-30(11-17(9-24)28-18)22(32)29-16-6-4-13(10-25)5-7-16/h1-8,17,26,28H,9,11-12H2,(H2,27,31)(H,29,32)/p+1/b19-18+,26-20?. The fourth-order valence-corrected chi connectivity index (χ4v) is 3.60. The van der Waals surface area contributed by atoms with Gasteiger partial charge < -0.3 is 21.3 Å². The lowest BCUT2D eigenvalue weighted by Gasteiger charge is -2.32. The number of amides is 3. The lowest BCUT2D eigenvalue weighted by Crippen LogP contribution is -2.94. The van der Waals surface area contributed by atoms with Crippen molar-refractivity contribution in [1.29, 1.82) is 10.7 Å². The number of nitrogens with zero attached hydrogens (tertiary/aromatic N) is 2. The SMILES string of the molecule is N#Cc1ccc(NC(=O)N2C/C(=C(/C(=N)c3cccc(Cl)c3)C(N)=O)[NH2+]C(CF)C2)cc1. The number of primary amides is 1. The van der Waals surface area contributed by atoms with Crippen LogP contribution in [0.4, 0.5) is 14.9 Å². The molecule has 1 saturated heterocycles. The van der Waals surface area contributed by atoms with Gasteiger partial charge in [0.05, 0.1) is 30.4 Å². The summed E-state index contributed by atoms with van der Waals surface area (Å²) in [5.41, 5.74) is 6.91. The highest BCUT2D eigenvalue weighted by Gasteiger charge is 2.34. The van der Waals surface area contributed by atoms with E-state index in [1.54, 1.807) is 47.8 Å². The van der Waals surface area contributed by atoms with Gasteiger partial charge in [-0.05, 0) is 36.4 Å². The molecule has 0 bridgehead atoms. The molecular formula is C22H21ClFN6O2+. The quantitative estimate of drug-likeness (QED) is 0.403. The van der Waals surface area contributed by atoms with Crippen molar-refractivity contribution < 1.29 is 19.3 Å². The van der Waals surface area contributed by atoms with Gasteiger partial charge in [-0.2, -0.15) is 5.26 Å². The third-order valence-electron chi connectivity index (χ3n) is 4.93. The predicted molar refractivity (Wildman–Crippen MR) is 118 cm³/mol. The van der Waals surface area contributed by atoms with Gasteiger partial charge in [0.25, 0.3) is 5.91 Å². The molecule has 8 nitrogen and oxygen atoms in total. The van der Waals surface area contributed by atoms with Crippen LogP contribution in [0.15, 0.2) is 59.8 Å². The van der Waals surface area contributed by atoms with Crippen molar-refractivity contribution in [3.63, 3.8) is 0 Å². The van der Waals surface area contributed by atoms with Crippen molar-refractivity contribution >= 4 is 34.9 Å². The third-order valence-corrected chi connectivity index (χ3v) is 5.17. The van der Waals surface area contributed by atoms with E-state index in [9.17, 15) is 14.0 Å². The number of nitriles is 1. The zero-order chi connectivity index (χ0) is 23.3. The smallest absolute Gasteiger partial charge is 0.322 e. The third kappa shape index (κ3) is 5.29. The van der Waals surface area contributed by atoms with E-state index in [4.69, 9.17) is 28.0 Å². The summed E-state index contributed by atoms with van der Waals surface area (Å²) >= 11 is 6.00. The Morgan fingerprint density at radius 2 is 2.03 bits per heavy atom. The molecule has 0 radical (unpaired) electrons. The largest absolute Gasteiger partial charge is 0.365 e. The Labute approximate surface area is 189 Å². The van der Waals surface area contributed by atoms with Gasteiger partial charge in [0.15, 0.2) is 0 Å². The molecule has 1 aliphatic heterocycles. The lowest BCUT2D eigenvalue weighted by molar-refractivity contribution is -0.653. The van der Waals surface area contributed by atoms with Crippen LogP contribution in [0.3, 0.4) is 0 Å². The van der Waals surface area contributed by atoms with Crippen molar-refractivity contribution in [2.45, 2.75) is 6.04 Å². The minimum absolute atomic E-state index is 0.0279. The van der Waals surface area contributed by atoms with E-state index in [1.807, 2.05) is 6.07 Å². The number of urea groups is 1. The molecule has 3 amide bonds. The van der Waals surface area contributed by atoms with E-state index in [2.05, 4.69) is 5.32 Å². The number of rotatable bonds is 5. The van der Waals surface area contributed by atoms with Crippen LogP contribution >= 0.6 is 11.6 Å². The number of carbonyl (C=O) groups is 2. The number of quaternary nitrogens is 1. The first kappa shape index (κ1) is 22.9. The Kier molecular flexibility index (Phi) is 7.20. The molecular weight excluding hydrogens is 435 g/mol. The van der Waals surface area contributed by atoms with Gasteiger partial charge in [0.1, 0.15) is 24.0 Å². The highest BCUT2D eigenvalue weighted by Crippen LogP contribution is 2.17. The number of nitrogens with one attached hydrogen (secondary N) is 2. The van der Waals surface area contributed by atoms with E-state index in [-0.39, 0.29) is 24.4 Å². The molecule has 3 rings (SSSR count). The molecule has 1 unspecified atom stereocenters. The average molecular weight is 456 g/mol. The van der Waals surface area contributed by atoms with E-state index in [0.717, 1.165) is 0 Å². The van der Waals surface area contributed by atoms with Gasteiger partial charge >= 0.3 is 6.03 Å². The van der Waals surface area contributed by atoms with Crippen LogP contribution in [0.25, 0.3) is 0 Å². The number of nitrogens with two attached hydrogens (primary N) is 2. The van der Waals surface area contributed by atoms with Gasteiger partial charge in [-0.15, -0.1) is 0 Å². The Bertz CT molecular complexity index is 1130. The molecule has 32 heavy (non-hydrogen) atoms. The van der Waals surface area contributed by atoms with Gasteiger partial charge in [-0.25, -0.2) is 9.18 Å². The van der Waals surface area contributed by atoms with Crippen LogP contribution in [0.2, 0.25) is 5.02 Å². The van der Waals surface area contributed by atoms with Gasteiger partial charge in [0, 0.05) is 16.3 Å². The normalized spacial score (nSPS) is 17.3. The molecule has 0 spiro atoms. The molecule has 6 N–H and O–H groups in total. The first-order valence-corrected chi connectivity index (χ1v) is 10.0. The minimum atomic E-state index is -0.854. The number of piperazine rings is 1. The van der Waals surface area contributed by atoms with Crippen molar-refractivity contribution in [3.05, 3.63) is 76.0 Å². The lowest BCUT2D eigenvalue weighted by atomic mass is 9.98. The topological polar surface area (TPSA) is 140 Å². The molecule has 2 aromatic rings. The van der Waals surface area contributed by atoms with Gasteiger partial charge in [0.2, 0.25) is 0 Å². The van der Waals surface area contributed by atoms with Crippen molar-refractivity contribution in [3.8, 4) is 6.07 Å². The second-order valence-corrected chi connectivity index (χ2v) is 7.67. The van der Waals surface area contributed by atoms with Gasteiger partial charge in [-0.1, -0.05) is 23.7 Å². The van der Waals surface area contributed by atoms with E-state index in [1.165, 1.54) is 11.0 Å². The molecule has 1 fully saturated rings. The Balaban J connectivity index is 1.89. The van der Waals surface area contributed by atoms with Crippen LogP contribution in [0.5, 0.6) is 0 Å². The second-order valence-electron chi connectivity index (χ2n) is 7.23. The molecule has 0 saturated carbocycles. The number of hydrogen-bond acceptors (Lipinski definition) is 4. The van der Waals surface area contributed by atoms with Crippen LogP contribution in [-0.4, -0.2) is 48.4 Å². The number of hydrogen-bond donors (Lipinski definition) is 4. The second kappa shape index (κ2) is 10.0. The minimum Gasteiger partial charge on any atom is -0.365 e. The number of carbonyl (C=O) groups excluding carboxylic acids is 2. The highest BCUT2D eigenvalue weighted by atomic mass is 35.5. The average Bonchev–Trinajstić information content (AvgIpc) is 2.79. The fraction of sp³-hybridized carbons (Fsp3) is 0.182. The monoisotopic (exact) mass is 455 g/mol. The summed E-state index contributed by atoms with van der Waals surface area (Å²) in [5, 5.41) is 22.0. The van der Waals surface area contributed by atoms with E-state index < -0.39 is 24.7 Å². The number of benzene rings is 2. The maximum atomic E-state index is 13.6. The van der Waals surface area contributed by atoms with E-state index in [0.29, 0.717) is 27.5 Å². The molecule has 0 aromatic heterocycles. The fourth-order valence-electron chi connectivity index (χ4n) is 3.41. The number of alkyl halides is 1. The van der Waals surface area contributed by atoms with Gasteiger partial charge in [-0.3, -0.25) is 10.2 Å². The summed E-state index contributed by atoms with van der Waals surface area (Å²) < 4.78 is 13.6. The molecule has 2 aromatic carbocycles. The van der Waals surface area contributed by atoms with Crippen molar-refractivity contribution in [1.82, 2.24) is 4.90 Å². The Morgan fingerprint density at radius 1 is 1.31 bits per heavy atom. The highest BCUT2D eigenvalue weighted by molar-refractivity contribution is 6.32. The number of halogens is 2.